The number of aryl methyl sites for hydroxylation is 1. The van der Waals surface area contributed by atoms with Gasteiger partial charge in [-0.3, -0.25) is 4.79 Å². The van der Waals surface area contributed by atoms with Gasteiger partial charge in [-0.2, -0.15) is 0 Å². The van der Waals surface area contributed by atoms with Gasteiger partial charge in [0.15, 0.2) is 0 Å². The highest BCUT2D eigenvalue weighted by atomic mass is 32.2. The third-order valence-electron chi connectivity index (χ3n) is 2.98. The SMILES string of the molecule is Cn1nnnc1SCC(=O)Nc1cccc2ccccc12. The van der Waals surface area contributed by atoms with Crippen molar-refractivity contribution >= 4 is 34.1 Å². The topological polar surface area (TPSA) is 72.7 Å². The molecule has 3 rings (SSSR count). The fourth-order valence-corrected chi connectivity index (χ4v) is 2.64. The number of amides is 1. The van der Waals surface area contributed by atoms with Gasteiger partial charge in [0.25, 0.3) is 0 Å². The van der Waals surface area contributed by atoms with E-state index < -0.39 is 0 Å². The first kappa shape index (κ1) is 13.6. The van der Waals surface area contributed by atoms with E-state index in [-0.39, 0.29) is 11.7 Å². The molecule has 0 bridgehead atoms. The van der Waals surface area contributed by atoms with Gasteiger partial charge in [0.2, 0.25) is 11.1 Å². The van der Waals surface area contributed by atoms with E-state index in [9.17, 15) is 4.79 Å². The summed E-state index contributed by atoms with van der Waals surface area (Å²) in [6.07, 6.45) is 0. The molecule has 3 aromatic rings. The average Bonchev–Trinajstić information content (AvgIpc) is 2.91. The quantitative estimate of drug-likeness (QED) is 0.747. The Kier molecular flexibility index (Phi) is 3.83. The molecule has 0 fully saturated rings. The van der Waals surface area contributed by atoms with Gasteiger partial charge in [0.05, 0.1) is 5.75 Å². The predicted molar refractivity (Wildman–Crippen MR) is 82.1 cm³/mol. The second-order valence-electron chi connectivity index (χ2n) is 4.45. The summed E-state index contributed by atoms with van der Waals surface area (Å²) >= 11 is 1.30. The largest absolute Gasteiger partial charge is 0.325 e. The summed E-state index contributed by atoms with van der Waals surface area (Å²) in [5.41, 5.74) is 0.815. The van der Waals surface area contributed by atoms with Gasteiger partial charge >= 0.3 is 0 Å². The zero-order valence-corrected chi connectivity index (χ0v) is 12.2. The summed E-state index contributed by atoms with van der Waals surface area (Å²) in [6.45, 7) is 0. The normalized spacial score (nSPS) is 10.7. The molecule has 0 atom stereocenters. The Hall–Kier alpha value is -2.41. The summed E-state index contributed by atoms with van der Waals surface area (Å²) in [6, 6.07) is 13.8. The van der Waals surface area contributed by atoms with Crippen molar-refractivity contribution in [3.8, 4) is 0 Å². The number of anilines is 1. The molecule has 2 aromatic carbocycles. The zero-order chi connectivity index (χ0) is 14.7. The van der Waals surface area contributed by atoms with Crippen molar-refractivity contribution in [2.75, 3.05) is 11.1 Å². The molecular formula is C14H13N5OS. The van der Waals surface area contributed by atoms with Crippen LogP contribution in [0.25, 0.3) is 10.8 Å². The van der Waals surface area contributed by atoms with Crippen molar-refractivity contribution in [1.29, 1.82) is 0 Å². The van der Waals surface area contributed by atoms with Crippen LogP contribution in [0.3, 0.4) is 0 Å². The minimum absolute atomic E-state index is 0.0839. The van der Waals surface area contributed by atoms with Crippen LogP contribution in [0.1, 0.15) is 0 Å². The molecule has 0 radical (unpaired) electrons. The predicted octanol–water partition coefficient (Wildman–Crippen LogP) is 2.09. The number of carbonyl (C=O) groups excluding carboxylic acids is 1. The van der Waals surface area contributed by atoms with Crippen LogP contribution in [-0.4, -0.2) is 31.9 Å². The second kappa shape index (κ2) is 5.92. The Labute approximate surface area is 125 Å². The van der Waals surface area contributed by atoms with Crippen molar-refractivity contribution < 1.29 is 4.79 Å². The number of carbonyl (C=O) groups is 1. The molecule has 0 saturated carbocycles. The van der Waals surface area contributed by atoms with Crippen molar-refractivity contribution in [3.63, 3.8) is 0 Å². The van der Waals surface area contributed by atoms with Gasteiger partial charge in [-0.05, 0) is 21.9 Å². The molecule has 1 amide bonds. The molecule has 21 heavy (non-hydrogen) atoms. The monoisotopic (exact) mass is 299 g/mol. The minimum Gasteiger partial charge on any atom is -0.325 e. The van der Waals surface area contributed by atoms with E-state index in [1.54, 1.807) is 7.05 Å². The number of benzene rings is 2. The maximum absolute atomic E-state index is 12.1. The van der Waals surface area contributed by atoms with Gasteiger partial charge in [0.1, 0.15) is 0 Å². The van der Waals surface area contributed by atoms with Gasteiger partial charge in [-0.1, -0.05) is 48.2 Å². The van der Waals surface area contributed by atoms with Crippen LogP contribution in [0, 0.1) is 0 Å². The molecule has 0 aliphatic carbocycles. The van der Waals surface area contributed by atoms with E-state index in [2.05, 4.69) is 20.8 Å². The number of thioether (sulfide) groups is 1. The maximum Gasteiger partial charge on any atom is 0.234 e. The molecule has 7 heteroatoms. The van der Waals surface area contributed by atoms with E-state index in [1.165, 1.54) is 16.4 Å². The molecule has 6 nitrogen and oxygen atoms in total. The third-order valence-corrected chi connectivity index (χ3v) is 3.99. The lowest BCUT2D eigenvalue weighted by Gasteiger charge is -2.08. The number of hydrogen-bond acceptors (Lipinski definition) is 5. The first-order chi connectivity index (χ1) is 10.2. The van der Waals surface area contributed by atoms with E-state index in [4.69, 9.17) is 0 Å². The zero-order valence-electron chi connectivity index (χ0n) is 11.4. The van der Waals surface area contributed by atoms with Crippen LogP contribution in [0.5, 0.6) is 0 Å². The highest BCUT2D eigenvalue weighted by Gasteiger charge is 2.09. The van der Waals surface area contributed by atoms with Gasteiger partial charge in [-0.25, -0.2) is 4.68 Å². The van der Waals surface area contributed by atoms with Crippen LogP contribution in [0.4, 0.5) is 5.69 Å². The van der Waals surface area contributed by atoms with Crippen LogP contribution in [0.15, 0.2) is 47.6 Å². The van der Waals surface area contributed by atoms with Crippen LogP contribution >= 0.6 is 11.8 Å². The van der Waals surface area contributed by atoms with E-state index in [1.807, 2.05) is 42.5 Å². The number of aromatic nitrogens is 4. The fourth-order valence-electron chi connectivity index (χ4n) is 1.99. The highest BCUT2D eigenvalue weighted by Crippen LogP contribution is 2.23. The number of tetrazole rings is 1. The molecule has 0 unspecified atom stereocenters. The Bertz CT molecular complexity index is 780. The average molecular weight is 299 g/mol. The Morgan fingerprint density at radius 3 is 2.86 bits per heavy atom. The molecule has 1 N–H and O–H groups in total. The number of nitrogens with one attached hydrogen (secondary N) is 1. The lowest BCUT2D eigenvalue weighted by molar-refractivity contribution is -0.113. The fraction of sp³-hybridized carbons (Fsp3) is 0.143. The Morgan fingerprint density at radius 1 is 1.24 bits per heavy atom. The lowest BCUT2D eigenvalue weighted by Crippen LogP contribution is -2.14. The second-order valence-corrected chi connectivity index (χ2v) is 5.39. The van der Waals surface area contributed by atoms with Gasteiger partial charge in [-0.15, -0.1) is 5.10 Å². The van der Waals surface area contributed by atoms with Crippen molar-refractivity contribution in [1.82, 2.24) is 20.2 Å². The molecule has 0 aliphatic heterocycles. The van der Waals surface area contributed by atoms with Crippen LogP contribution < -0.4 is 5.32 Å². The molecule has 0 saturated heterocycles. The summed E-state index contributed by atoms with van der Waals surface area (Å²) < 4.78 is 1.54. The Balaban J connectivity index is 1.70. The summed E-state index contributed by atoms with van der Waals surface area (Å²) in [5, 5.41) is 16.8. The van der Waals surface area contributed by atoms with Crippen molar-refractivity contribution in [2.45, 2.75) is 5.16 Å². The third kappa shape index (κ3) is 3.03. The minimum atomic E-state index is -0.0839. The lowest BCUT2D eigenvalue weighted by atomic mass is 10.1. The molecule has 1 heterocycles. The Morgan fingerprint density at radius 2 is 2.05 bits per heavy atom. The highest BCUT2D eigenvalue weighted by molar-refractivity contribution is 7.99. The van der Waals surface area contributed by atoms with E-state index in [0.717, 1.165) is 16.5 Å². The van der Waals surface area contributed by atoms with Crippen molar-refractivity contribution in [3.05, 3.63) is 42.5 Å². The number of rotatable bonds is 4. The van der Waals surface area contributed by atoms with Crippen LogP contribution in [-0.2, 0) is 11.8 Å². The molecular weight excluding hydrogens is 286 g/mol. The van der Waals surface area contributed by atoms with Crippen LogP contribution in [0.2, 0.25) is 0 Å². The van der Waals surface area contributed by atoms with E-state index in [0.29, 0.717) is 5.16 Å². The van der Waals surface area contributed by atoms with E-state index >= 15 is 0 Å². The van der Waals surface area contributed by atoms with Gasteiger partial charge < -0.3 is 5.32 Å². The van der Waals surface area contributed by atoms with Gasteiger partial charge in [0, 0.05) is 18.1 Å². The molecule has 0 aliphatic rings. The number of fused-ring (bicyclic) bond motifs is 1. The molecule has 106 valence electrons. The summed E-state index contributed by atoms with van der Waals surface area (Å²) in [7, 11) is 1.74. The maximum atomic E-state index is 12.1. The van der Waals surface area contributed by atoms with Crippen molar-refractivity contribution in [2.24, 2.45) is 7.05 Å². The first-order valence-electron chi connectivity index (χ1n) is 6.37. The number of nitrogens with zero attached hydrogens (tertiary/aromatic N) is 4. The first-order valence-corrected chi connectivity index (χ1v) is 7.35. The molecule has 0 spiro atoms. The summed E-state index contributed by atoms with van der Waals surface area (Å²) in [5.74, 6) is 0.177. The number of hydrogen-bond donors (Lipinski definition) is 1. The summed E-state index contributed by atoms with van der Waals surface area (Å²) in [4.78, 5) is 12.1. The standard InChI is InChI=1S/C14H13N5OS/c1-19-14(16-17-18-19)21-9-13(20)15-12-8-4-6-10-5-2-3-7-11(10)12/h2-8H,9H2,1H3,(H,15,20). The molecule has 1 aromatic heterocycles. The smallest absolute Gasteiger partial charge is 0.234 e.